The molecule has 1 N–H and O–H groups in total. The third-order valence-electron chi connectivity index (χ3n) is 2.45. The fraction of sp³-hybridized carbons (Fsp3) is 0.231. The van der Waals surface area contributed by atoms with Crippen molar-refractivity contribution in [2.75, 3.05) is 6.54 Å². The molecule has 18 heavy (non-hydrogen) atoms. The quantitative estimate of drug-likeness (QED) is 0.861. The molecular weight excluding hydrogens is 310 g/mol. The van der Waals surface area contributed by atoms with E-state index in [4.69, 9.17) is 5.26 Å². The van der Waals surface area contributed by atoms with Crippen LogP contribution in [0.25, 0.3) is 0 Å². The third kappa shape index (κ3) is 3.91. The molecule has 3 nitrogen and oxygen atoms in total. The van der Waals surface area contributed by atoms with Gasteiger partial charge in [0.25, 0.3) is 0 Å². The third-order valence-corrected chi connectivity index (χ3v) is 4.13. The average molecular weight is 322 g/mol. The molecule has 2 aromatic heterocycles. The highest BCUT2D eigenvalue weighted by molar-refractivity contribution is 9.11. The monoisotopic (exact) mass is 321 g/mol. The average Bonchev–Trinajstić information content (AvgIpc) is 2.81. The zero-order chi connectivity index (χ0) is 12.8. The Morgan fingerprint density at radius 3 is 3.00 bits per heavy atom. The van der Waals surface area contributed by atoms with E-state index in [2.05, 4.69) is 38.4 Å². The number of nitrogens with zero attached hydrogens (tertiary/aromatic N) is 2. The lowest BCUT2D eigenvalue weighted by Gasteiger charge is -2.03. The molecule has 2 heterocycles. The Morgan fingerprint density at radius 2 is 2.28 bits per heavy atom. The van der Waals surface area contributed by atoms with Gasteiger partial charge in [-0.05, 0) is 52.2 Å². The van der Waals surface area contributed by atoms with Crippen LogP contribution in [0.15, 0.2) is 34.2 Å². The maximum absolute atomic E-state index is 8.75. The summed E-state index contributed by atoms with van der Waals surface area (Å²) in [6.07, 6.45) is 2.69. The molecular formula is C13H12BrN3S. The first-order valence-electron chi connectivity index (χ1n) is 5.58. The van der Waals surface area contributed by atoms with Crippen LogP contribution in [0.5, 0.6) is 0 Å². The van der Waals surface area contributed by atoms with Crippen molar-refractivity contribution < 1.29 is 0 Å². The molecule has 0 bridgehead atoms. The number of hydrogen-bond acceptors (Lipinski definition) is 4. The van der Waals surface area contributed by atoms with Crippen molar-refractivity contribution in [3.05, 3.63) is 50.4 Å². The highest BCUT2D eigenvalue weighted by Gasteiger charge is 1.99. The predicted octanol–water partition coefficient (Wildman–Crippen LogP) is 3.11. The number of aromatic nitrogens is 1. The normalized spacial score (nSPS) is 10.2. The smallest absolute Gasteiger partial charge is 0.140 e. The van der Waals surface area contributed by atoms with Gasteiger partial charge in [-0.3, -0.25) is 0 Å². The van der Waals surface area contributed by atoms with Crippen molar-refractivity contribution in [2.24, 2.45) is 0 Å². The van der Waals surface area contributed by atoms with Crippen LogP contribution in [0.2, 0.25) is 0 Å². The van der Waals surface area contributed by atoms with Crippen LogP contribution in [0.3, 0.4) is 0 Å². The van der Waals surface area contributed by atoms with Crippen LogP contribution >= 0.6 is 27.3 Å². The second kappa shape index (κ2) is 6.64. The standard InChI is InChI=1S/C13H12BrN3S/c14-13-2-1-12(18-13)4-5-16-9-10-3-6-17-11(7-10)8-15/h1-3,6-7,16H,4-5,9H2. The number of nitriles is 1. The molecule has 2 rings (SSSR count). The molecule has 0 aliphatic heterocycles. The summed E-state index contributed by atoms with van der Waals surface area (Å²) >= 11 is 5.22. The summed E-state index contributed by atoms with van der Waals surface area (Å²) in [5.74, 6) is 0. The maximum Gasteiger partial charge on any atom is 0.140 e. The zero-order valence-electron chi connectivity index (χ0n) is 9.69. The molecule has 0 spiro atoms. The minimum absolute atomic E-state index is 0.469. The molecule has 0 atom stereocenters. The number of hydrogen-bond donors (Lipinski definition) is 1. The highest BCUT2D eigenvalue weighted by atomic mass is 79.9. The Bertz CT molecular complexity index is 559. The van der Waals surface area contributed by atoms with E-state index in [1.165, 1.54) is 8.66 Å². The van der Waals surface area contributed by atoms with E-state index in [0.29, 0.717) is 5.69 Å². The molecule has 0 amide bonds. The van der Waals surface area contributed by atoms with Crippen molar-refractivity contribution in [3.63, 3.8) is 0 Å². The lowest BCUT2D eigenvalue weighted by Crippen LogP contribution is -2.16. The maximum atomic E-state index is 8.75. The van der Waals surface area contributed by atoms with Crippen LogP contribution in [0.1, 0.15) is 16.1 Å². The fourth-order valence-corrected chi connectivity index (χ4v) is 3.06. The number of rotatable bonds is 5. The molecule has 0 aliphatic carbocycles. The van der Waals surface area contributed by atoms with Crippen molar-refractivity contribution in [3.8, 4) is 6.07 Å². The fourth-order valence-electron chi connectivity index (χ4n) is 1.58. The van der Waals surface area contributed by atoms with Crippen LogP contribution in [-0.4, -0.2) is 11.5 Å². The first kappa shape index (κ1) is 13.2. The molecule has 0 radical (unpaired) electrons. The van der Waals surface area contributed by atoms with Crippen LogP contribution in [0, 0.1) is 11.3 Å². The Labute approximate surface area is 119 Å². The lowest BCUT2D eigenvalue weighted by atomic mass is 10.2. The summed E-state index contributed by atoms with van der Waals surface area (Å²) in [5.41, 5.74) is 1.56. The summed E-state index contributed by atoms with van der Waals surface area (Å²) in [6, 6.07) is 9.99. The molecule has 0 unspecified atom stereocenters. The van der Waals surface area contributed by atoms with Gasteiger partial charge in [0.2, 0.25) is 0 Å². The minimum Gasteiger partial charge on any atom is -0.312 e. The van der Waals surface area contributed by atoms with Gasteiger partial charge in [-0.2, -0.15) is 5.26 Å². The van der Waals surface area contributed by atoms with E-state index in [-0.39, 0.29) is 0 Å². The van der Waals surface area contributed by atoms with Gasteiger partial charge >= 0.3 is 0 Å². The summed E-state index contributed by atoms with van der Waals surface area (Å²) in [4.78, 5) is 5.31. The van der Waals surface area contributed by atoms with Gasteiger partial charge in [0.15, 0.2) is 0 Å². The van der Waals surface area contributed by atoms with Gasteiger partial charge in [-0.1, -0.05) is 0 Å². The Kier molecular flexibility index (Phi) is 4.88. The van der Waals surface area contributed by atoms with Crippen molar-refractivity contribution in [2.45, 2.75) is 13.0 Å². The van der Waals surface area contributed by atoms with E-state index in [1.807, 2.05) is 18.2 Å². The first-order valence-corrected chi connectivity index (χ1v) is 7.19. The minimum atomic E-state index is 0.469. The number of halogens is 1. The molecule has 0 saturated heterocycles. The van der Waals surface area contributed by atoms with Crippen LogP contribution in [-0.2, 0) is 13.0 Å². The van der Waals surface area contributed by atoms with E-state index in [1.54, 1.807) is 17.5 Å². The Balaban J connectivity index is 1.77. The van der Waals surface area contributed by atoms with E-state index in [9.17, 15) is 0 Å². The van der Waals surface area contributed by atoms with E-state index < -0.39 is 0 Å². The summed E-state index contributed by atoms with van der Waals surface area (Å²) in [5, 5.41) is 12.1. The second-order valence-corrected chi connectivity index (χ2v) is 6.34. The molecule has 0 aromatic carbocycles. The summed E-state index contributed by atoms with van der Waals surface area (Å²) in [7, 11) is 0. The summed E-state index contributed by atoms with van der Waals surface area (Å²) < 4.78 is 1.17. The van der Waals surface area contributed by atoms with E-state index in [0.717, 1.165) is 25.1 Å². The summed E-state index contributed by atoms with van der Waals surface area (Å²) in [6.45, 7) is 1.70. The Hall–Kier alpha value is -1.22. The number of nitrogens with one attached hydrogen (secondary N) is 1. The highest BCUT2D eigenvalue weighted by Crippen LogP contribution is 2.22. The first-order chi connectivity index (χ1) is 8.78. The molecule has 92 valence electrons. The van der Waals surface area contributed by atoms with Gasteiger partial charge < -0.3 is 5.32 Å². The molecule has 0 aliphatic rings. The molecule has 0 fully saturated rings. The van der Waals surface area contributed by atoms with Crippen LogP contribution in [0.4, 0.5) is 0 Å². The van der Waals surface area contributed by atoms with E-state index >= 15 is 0 Å². The number of pyridine rings is 1. The van der Waals surface area contributed by atoms with Gasteiger partial charge in [0.05, 0.1) is 3.79 Å². The lowest BCUT2D eigenvalue weighted by molar-refractivity contribution is 0.690. The van der Waals surface area contributed by atoms with Crippen molar-refractivity contribution >= 4 is 27.3 Å². The Morgan fingerprint density at radius 1 is 1.39 bits per heavy atom. The van der Waals surface area contributed by atoms with Gasteiger partial charge in [-0.25, -0.2) is 4.98 Å². The molecule has 2 aromatic rings. The zero-order valence-corrected chi connectivity index (χ0v) is 12.1. The largest absolute Gasteiger partial charge is 0.312 e. The second-order valence-electron chi connectivity index (χ2n) is 3.79. The molecule has 0 saturated carbocycles. The number of thiophene rings is 1. The SMILES string of the molecule is N#Cc1cc(CNCCc2ccc(Br)s2)ccn1. The van der Waals surface area contributed by atoms with Crippen molar-refractivity contribution in [1.29, 1.82) is 5.26 Å². The van der Waals surface area contributed by atoms with Gasteiger partial charge in [0, 0.05) is 24.2 Å². The van der Waals surface area contributed by atoms with Crippen LogP contribution < -0.4 is 5.32 Å². The molecule has 5 heteroatoms. The van der Waals surface area contributed by atoms with Gasteiger partial charge in [0.1, 0.15) is 11.8 Å². The predicted molar refractivity (Wildman–Crippen MR) is 76.4 cm³/mol. The topological polar surface area (TPSA) is 48.7 Å². The van der Waals surface area contributed by atoms with Crippen molar-refractivity contribution in [1.82, 2.24) is 10.3 Å². The van der Waals surface area contributed by atoms with Gasteiger partial charge in [-0.15, -0.1) is 11.3 Å².